The van der Waals surface area contributed by atoms with Crippen molar-refractivity contribution in [2.75, 3.05) is 19.8 Å². The molecule has 1 fully saturated rings. The van der Waals surface area contributed by atoms with Gasteiger partial charge in [-0.15, -0.1) is 0 Å². The maximum absolute atomic E-state index is 12.4. The molecule has 2 unspecified atom stereocenters. The molecule has 1 aliphatic rings. The number of carbonyl (C=O) groups is 1. The van der Waals surface area contributed by atoms with Gasteiger partial charge in [0.15, 0.2) is 0 Å². The highest BCUT2D eigenvalue weighted by molar-refractivity contribution is 9.10. The van der Waals surface area contributed by atoms with Crippen LogP contribution in [0.5, 0.6) is 0 Å². The first kappa shape index (κ1) is 16.5. The van der Waals surface area contributed by atoms with Crippen molar-refractivity contribution in [1.29, 1.82) is 0 Å². The van der Waals surface area contributed by atoms with Gasteiger partial charge in [0.1, 0.15) is 0 Å². The minimum Gasteiger partial charge on any atom is -0.379 e. The molecule has 116 valence electrons. The van der Waals surface area contributed by atoms with E-state index in [1.165, 1.54) is 0 Å². The third kappa shape index (κ3) is 4.53. The quantitative estimate of drug-likeness (QED) is 0.825. The van der Waals surface area contributed by atoms with Crippen molar-refractivity contribution in [2.45, 2.75) is 32.4 Å². The summed E-state index contributed by atoms with van der Waals surface area (Å²) in [5.41, 5.74) is 1.10. The first-order chi connectivity index (χ1) is 10.1. The fourth-order valence-electron chi connectivity index (χ4n) is 2.50. The predicted octanol–water partition coefficient (Wildman–Crippen LogP) is 2.64. The molecule has 4 nitrogen and oxygen atoms in total. The van der Waals surface area contributed by atoms with E-state index in [-0.39, 0.29) is 23.9 Å². The van der Waals surface area contributed by atoms with Crippen LogP contribution < -0.4 is 10.6 Å². The maximum atomic E-state index is 12.4. The van der Waals surface area contributed by atoms with Gasteiger partial charge in [-0.3, -0.25) is 4.79 Å². The molecule has 1 saturated heterocycles. The zero-order valence-electron chi connectivity index (χ0n) is 12.6. The van der Waals surface area contributed by atoms with E-state index in [0.717, 1.165) is 23.0 Å². The molecule has 0 bridgehead atoms. The minimum absolute atomic E-state index is 0.00183. The van der Waals surface area contributed by atoms with Gasteiger partial charge in [0.25, 0.3) is 0 Å². The first-order valence-corrected chi connectivity index (χ1v) is 8.28. The number of ether oxygens (including phenoxy) is 1. The standard InChI is InChI=1S/C16H23BrN2O2/c1-3-8-18-15-10-21-9-14(15)16(20)19-11(2)12-4-6-13(17)7-5-12/h4-7,11,14-15,18H,3,8-10H2,1-2H3,(H,19,20)/t11-,14?,15?/m0/s1. The zero-order chi connectivity index (χ0) is 15.2. The molecule has 0 saturated carbocycles. The van der Waals surface area contributed by atoms with Crippen molar-refractivity contribution in [3.63, 3.8) is 0 Å². The average molecular weight is 355 g/mol. The third-order valence-electron chi connectivity index (χ3n) is 3.80. The number of halogens is 1. The Hall–Kier alpha value is -0.910. The van der Waals surface area contributed by atoms with Crippen molar-refractivity contribution in [2.24, 2.45) is 5.92 Å². The second-order valence-electron chi connectivity index (χ2n) is 5.49. The molecule has 2 N–H and O–H groups in total. The lowest BCUT2D eigenvalue weighted by Crippen LogP contribution is -2.44. The highest BCUT2D eigenvalue weighted by atomic mass is 79.9. The van der Waals surface area contributed by atoms with Crippen LogP contribution in [-0.4, -0.2) is 31.7 Å². The Morgan fingerprint density at radius 2 is 2.10 bits per heavy atom. The van der Waals surface area contributed by atoms with Gasteiger partial charge in [-0.1, -0.05) is 35.0 Å². The number of carbonyl (C=O) groups excluding carboxylic acids is 1. The molecule has 3 atom stereocenters. The number of nitrogens with one attached hydrogen (secondary N) is 2. The summed E-state index contributed by atoms with van der Waals surface area (Å²) in [5, 5.41) is 6.48. The Morgan fingerprint density at radius 1 is 1.38 bits per heavy atom. The predicted molar refractivity (Wildman–Crippen MR) is 87.1 cm³/mol. The summed E-state index contributed by atoms with van der Waals surface area (Å²) in [4.78, 5) is 12.4. The van der Waals surface area contributed by atoms with Gasteiger partial charge in [-0.2, -0.15) is 0 Å². The summed E-state index contributed by atoms with van der Waals surface area (Å²) in [5.74, 6) is -0.0361. The fraction of sp³-hybridized carbons (Fsp3) is 0.562. The van der Waals surface area contributed by atoms with Gasteiger partial charge < -0.3 is 15.4 Å². The highest BCUT2D eigenvalue weighted by Crippen LogP contribution is 2.19. The molecular formula is C16H23BrN2O2. The molecule has 21 heavy (non-hydrogen) atoms. The van der Waals surface area contributed by atoms with Crippen LogP contribution in [0.1, 0.15) is 31.9 Å². The van der Waals surface area contributed by atoms with Crippen LogP contribution in [0.4, 0.5) is 0 Å². The van der Waals surface area contributed by atoms with Crippen LogP contribution in [0.25, 0.3) is 0 Å². The number of amides is 1. The lowest BCUT2D eigenvalue weighted by atomic mass is 10.0. The number of hydrogen-bond donors (Lipinski definition) is 2. The molecule has 1 aromatic carbocycles. The van der Waals surface area contributed by atoms with Crippen LogP contribution in [0, 0.1) is 5.92 Å². The highest BCUT2D eigenvalue weighted by Gasteiger charge is 2.34. The maximum Gasteiger partial charge on any atom is 0.227 e. The van der Waals surface area contributed by atoms with Gasteiger partial charge in [0.05, 0.1) is 25.2 Å². The Kier molecular flexibility index (Phi) is 6.21. The smallest absolute Gasteiger partial charge is 0.227 e. The summed E-state index contributed by atoms with van der Waals surface area (Å²) in [6, 6.07) is 8.14. The first-order valence-electron chi connectivity index (χ1n) is 7.48. The molecule has 0 spiro atoms. The second-order valence-corrected chi connectivity index (χ2v) is 6.40. The number of hydrogen-bond acceptors (Lipinski definition) is 3. The lowest BCUT2D eigenvalue weighted by molar-refractivity contribution is -0.126. The van der Waals surface area contributed by atoms with Gasteiger partial charge in [-0.25, -0.2) is 0 Å². The van der Waals surface area contributed by atoms with Crippen LogP contribution in [-0.2, 0) is 9.53 Å². The van der Waals surface area contributed by atoms with E-state index in [9.17, 15) is 4.79 Å². The molecule has 1 amide bonds. The molecule has 1 heterocycles. The van der Waals surface area contributed by atoms with Crippen LogP contribution in [0.15, 0.2) is 28.7 Å². The van der Waals surface area contributed by atoms with E-state index in [1.807, 2.05) is 31.2 Å². The molecule has 5 heteroatoms. The van der Waals surface area contributed by atoms with Gasteiger partial charge in [0, 0.05) is 10.5 Å². The molecule has 0 aliphatic carbocycles. The SMILES string of the molecule is CCCNC1COCC1C(=O)N[C@@H](C)c1ccc(Br)cc1. The van der Waals surface area contributed by atoms with Gasteiger partial charge in [0.2, 0.25) is 5.91 Å². The Labute approximate surface area is 134 Å². The molecular weight excluding hydrogens is 332 g/mol. The zero-order valence-corrected chi connectivity index (χ0v) is 14.2. The third-order valence-corrected chi connectivity index (χ3v) is 4.33. The van der Waals surface area contributed by atoms with Crippen molar-refractivity contribution >= 4 is 21.8 Å². The number of benzene rings is 1. The summed E-state index contributed by atoms with van der Waals surface area (Å²) in [6.45, 7) is 6.16. The number of rotatable bonds is 6. The molecule has 0 aromatic heterocycles. The van der Waals surface area contributed by atoms with Crippen molar-refractivity contribution in [1.82, 2.24) is 10.6 Å². The van der Waals surface area contributed by atoms with Crippen molar-refractivity contribution < 1.29 is 9.53 Å². The van der Waals surface area contributed by atoms with Crippen molar-refractivity contribution in [3.8, 4) is 0 Å². The van der Waals surface area contributed by atoms with Crippen molar-refractivity contribution in [3.05, 3.63) is 34.3 Å². The Morgan fingerprint density at radius 3 is 2.76 bits per heavy atom. The topological polar surface area (TPSA) is 50.4 Å². The van der Waals surface area contributed by atoms with E-state index < -0.39 is 0 Å². The Balaban J connectivity index is 1.92. The van der Waals surface area contributed by atoms with E-state index >= 15 is 0 Å². The van der Waals surface area contributed by atoms with Crippen LogP contribution in [0.2, 0.25) is 0 Å². The summed E-state index contributed by atoms with van der Waals surface area (Å²) >= 11 is 3.42. The summed E-state index contributed by atoms with van der Waals surface area (Å²) < 4.78 is 6.50. The normalized spacial score (nSPS) is 23.0. The molecule has 1 aromatic rings. The van der Waals surface area contributed by atoms with Gasteiger partial charge in [-0.05, 0) is 37.6 Å². The van der Waals surface area contributed by atoms with E-state index in [1.54, 1.807) is 0 Å². The summed E-state index contributed by atoms with van der Waals surface area (Å²) in [7, 11) is 0. The summed E-state index contributed by atoms with van der Waals surface area (Å²) in [6.07, 6.45) is 1.06. The molecule has 2 rings (SSSR count). The largest absolute Gasteiger partial charge is 0.379 e. The second kappa shape index (κ2) is 7.92. The van der Waals surface area contributed by atoms with Gasteiger partial charge >= 0.3 is 0 Å². The van der Waals surface area contributed by atoms with E-state index in [2.05, 4.69) is 33.5 Å². The molecule has 0 radical (unpaired) electrons. The van der Waals surface area contributed by atoms with Crippen LogP contribution >= 0.6 is 15.9 Å². The fourth-order valence-corrected chi connectivity index (χ4v) is 2.76. The van der Waals surface area contributed by atoms with E-state index in [4.69, 9.17) is 4.74 Å². The molecule has 1 aliphatic heterocycles. The van der Waals surface area contributed by atoms with E-state index in [0.29, 0.717) is 13.2 Å². The minimum atomic E-state index is -0.102. The monoisotopic (exact) mass is 354 g/mol. The Bertz CT molecular complexity index is 464. The lowest BCUT2D eigenvalue weighted by Gasteiger charge is -2.21. The van der Waals surface area contributed by atoms with Crippen LogP contribution in [0.3, 0.4) is 0 Å². The average Bonchev–Trinajstić information content (AvgIpc) is 2.94.